The zero-order valence-electron chi connectivity index (χ0n) is 16.4. The number of thiazole rings is 1. The number of rotatable bonds is 7. The Morgan fingerprint density at radius 1 is 1.10 bits per heavy atom. The van der Waals surface area contributed by atoms with E-state index in [4.69, 9.17) is 23.2 Å². The van der Waals surface area contributed by atoms with Gasteiger partial charge in [-0.15, -0.1) is 21.5 Å². The minimum atomic E-state index is -0.156. The van der Waals surface area contributed by atoms with Gasteiger partial charge in [-0.3, -0.25) is 4.79 Å². The van der Waals surface area contributed by atoms with Crippen LogP contribution in [0.1, 0.15) is 6.92 Å². The zero-order valence-corrected chi connectivity index (χ0v) is 19.5. The molecule has 0 spiro atoms. The van der Waals surface area contributed by atoms with E-state index < -0.39 is 0 Å². The molecule has 2 aromatic heterocycles. The minimum absolute atomic E-state index is 0.156. The number of anilines is 1. The largest absolute Gasteiger partial charge is 0.302 e. The van der Waals surface area contributed by atoms with Crippen molar-refractivity contribution >= 4 is 57.3 Å². The third-order valence-electron chi connectivity index (χ3n) is 4.34. The van der Waals surface area contributed by atoms with E-state index in [0.717, 1.165) is 22.6 Å². The Bertz CT molecular complexity index is 1210. The molecule has 31 heavy (non-hydrogen) atoms. The molecule has 6 nitrogen and oxygen atoms in total. The van der Waals surface area contributed by atoms with Gasteiger partial charge in [0.2, 0.25) is 5.91 Å². The highest BCUT2D eigenvalue weighted by Gasteiger charge is 2.15. The van der Waals surface area contributed by atoms with Gasteiger partial charge in [0.05, 0.1) is 11.4 Å². The van der Waals surface area contributed by atoms with Crippen LogP contribution in [0, 0.1) is 0 Å². The van der Waals surface area contributed by atoms with E-state index in [-0.39, 0.29) is 11.7 Å². The molecule has 158 valence electrons. The number of hydrogen-bond donors (Lipinski definition) is 1. The Morgan fingerprint density at radius 2 is 1.90 bits per heavy atom. The molecule has 0 saturated heterocycles. The van der Waals surface area contributed by atoms with Crippen molar-refractivity contribution < 1.29 is 4.79 Å². The molecule has 1 amide bonds. The normalized spacial score (nSPS) is 10.9. The minimum Gasteiger partial charge on any atom is -0.302 e. The SMILES string of the molecule is CCn1c(SCC(=O)Nc2nc(-c3ccc(Cl)cc3)cs2)nnc1-c1cccc(Cl)c1. The standard InChI is InChI=1S/C21H17Cl2N5OS2/c1-2-28-19(14-4-3-5-16(23)10-14)26-27-21(28)31-12-18(29)25-20-24-17(11-30-20)13-6-8-15(22)9-7-13/h3-11H,2,12H2,1H3,(H,24,25,29). The summed E-state index contributed by atoms with van der Waals surface area (Å²) in [7, 11) is 0. The summed E-state index contributed by atoms with van der Waals surface area (Å²) >= 11 is 14.7. The summed E-state index contributed by atoms with van der Waals surface area (Å²) < 4.78 is 1.96. The summed E-state index contributed by atoms with van der Waals surface area (Å²) in [6.45, 7) is 2.69. The molecular weight excluding hydrogens is 473 g/mol. The van der Waals surface area contributed by atoms with Crippen LogP contribution in [0.2, 0.25) is 10.0 Å². The van der Waals surface area contributed by atoms with Crippen molar-refractivity contribution in [2.24, 2.45) is 0 Å². The Kier molecular flexibility index (Phi) is 6.92. The smallest absolute Gasteiger partial charge is 0.236 e. The van der Waals surface area contributed by atoms with E-state index >= 15 is 0 Å². The van der Waals surface area contributed by atoms with Crippen molar-refractivity contribution in [2.75, 3.05) is 11.1 Å². The number of nitrogens with zero attached hydrogens (tertiary/aromatic N) is 4. The maximum Gasteiger partial charge on any atom is 0.236 e. The first-order valence-electron chi connectivity index (χ1n) is 9.36. The molecule has 4 aromatic rings. The van der Waals surface area contributed by atoms with Gasteiger partial charge >= 0.3 is 0 Å². The lowest BCUT2D eigenvalue weighted by Gasteiger charge is -2.07. The van der Waals surface area contributed by atoms with Crippen molar-refractivity contribution in [3.63, 3.8) is 0 Å². The second kappa shape index (κ2) is 9.82. The summed E-state index contributed by atoms with van der Waals surface area (Å²) in [5.74, 6) is 0.765. The van der Waals surface area contributed by atoms with Crippen molar-refractivity contribution in [1.29, 1.82) is 0 Å². The fourth-order valence-electron chi connectivity index (χ4n) is 2.89. The van der Waals surface area contributed by atoms with Gasteiger partial charge in [-0.2, -0.15) is 0 Å². The van der Waals surface area contributed by atoms with Gasteiger partial charge in [-0.25, -0.2) is 4.98 Å². The van der Waals surface area contributed by atoms with E-state index in [1.807, 2.05) is 65.4 Å². The van der Waals surface area contributed by atoms with Gasteiger partial charge in [0.15, 0.2) is 16.1 Å². The van der Waals surface area contributed by atoms with E-state index in [0.29, 0.717) is 26.9 Å². The van der Waals surface area contributed by atoms with Crippen LogP contribution >= 0.6 is 46.3 Å². The summed E-state index contributed by atoms with van der Waals surface area (Å²) in [6, 6.07) is 14.9. The highest BCUT2D eigenvalue weighted by Crippen LogP contribution is 2.28. The van der Waals surface area contributed by atoms with Gasteiger partial charge in [0, 0.05) is 33.1 Å². The van der Waals surface area contributed by atoms with Crippen LogP contribution in [0.15, 0.2) is 59.1 Å². The van der Waals surface area contributed by atoms with Crippen molar-refractivity contribution in [2.45, 2.75) is 18.6 Å². The van der Waals surface area contributed by atoms with Gasteiger partial charge in [0.25, 0.3) is 0 Å². The van der Waals surface area contributed by atoms with E-state index in [1.54, 1.807) is 0 Å². The van der Waals surface area contributed by atoms with Crippen LogP contribution < -0.4 is 5.32 Å². The lowest BCUT2D eigenvalue weighted by Crippen LogP contribution is -2.14. The number of hydrogen-bond acceptors (Lipinski definition) is 6. The van der Waals surface area contributed by atoms with Crippen LogP contribution in [0.25, 0.3) is 22.6 Å². The molecule has 0 aliphatic carbocycles. The third-order valence-corrected chi connectivity index (χ3v) is 6.55. The molecule has 0 radical (unpaired) electrons. The number of amides is 1. The summed E-state index contributed by atoms with van der Waals surface area (Å²) in [5, 5.41) is 15.8. The molecular formula is C21H17Cl2N5OS2. The molecule has 10 heteroatoms. The molecule has 0 atom stereocenters. The molecule has 4 rings (SSSR count). The monoisotopic (exact) mass is 489 g/mol. The fraction of sp³-hybridized carbons (Fsp3) is 0.143. The Balaban J connectivity index is 1.40. The lowest BCUT2D eigenvalue weighted by atomic mass is 10.2. The second-order valence-electron chi connectivity index (χ2n) is 6.44. The number of halogens is 2. The zero-order chi connectivity index (χ0) is 21.8. The molecule has 0 fully saturated rings. The molecule has 0 saturated carbocycles. The van der Waals surface area contributed by atoms with E-state index in [1.165, 1.54) is 23.1 Å². The van der Waals surface area contributed by atoms with Crippen LogP contribution in [0.3, 0.4) is 0 Å². The quantitative estimate of drug-likeness (QED) is 0.316. The van der Waals surface area contributed by atoms with Crippen LogP contribution in [-0.4, -0.2) is 31.4 Å². The molecule has 2 aromatic carbocycles. The van der Waals surface area contributed by atoms with Crippen molar-refractivity contribution in [1.82, 2.24) is 19.7 Å². The molecule has 0 aliphatic heterocycles. The van der Waals surface area contributed by atoms with Crippen molar-refractivity contribution in [3.05, 3.63) is 64.0 Å². The van der Waals surface area contributed by atoms with Gasteiger partial charge in [-0.1, -0.05) is 59.2 Å². The number of carbonyl (C=O) groups is 1. The summed E-state index contributed by atoms with van der Waals surface area (Å²) in [5.41, 5.74) is 2.62. The maximum atomic E-state index is 12.4. The number of carbonyl (C=O) groups excluding carboxylic acids is 1. The summed E-state index contributed by atoms with van der Waals surface area (Å²) in [4.78, 5) is 16.9. The second-order valence-corrected chi connectivity index (χ2v) is 9.12. The first-order valence-corrected chi connectivity index (χ1v) is 12.0. The van der Waals surface area contributed by atoms with Crippen LogP contribution in [0.4, 0.5) is 5.13 Å². The van der Waals surface area contributed by atoms with Gasteiger partial charge in [-0.05, 0) is 31.2 Å². The molecule has 0 bridgehead atoms. The summed E-state index contributed by atoms with van der Waals surface area (Å²) in [6.07, 6.45) is 0. The number of nitrogens with one attached hydrogen (secondary N) is 1. The van der Waals surface area contributed by atoms with Gasteiger partial charge in [0.1, 0.15) is 0 Å². The Labute approximate surface area is 197 Å². The average molecular weight is 490 g/mol. The Hall–Kier alpha value is -2.39. The topological polar surface area (TPSA) is 72.7 Å². The highest BCUT2D eigenvalue weighted by molar-refractivity contribution is 7.99. The van der Waals surface area contributed by atoms with E-state index in [2.05, 4.69) is 20.5 Å². The predicted octanol–water partition coefficient (Wildman–Crippen LogP) is 6.13. The highest BCUT2D eigenvalue weighted by atomic mass is 35.5. The molecule has 0 aliphatic rings. The number of benzene rings is 2. The molecule has 1 N–H and O–H groups in total. The first kappa shape index (κ1) is 21.8. The fourth-order valence-corrected chi connectivity index (χ4v) is 4.75. The average Bonchev–Trinajstić information content (AvgIpc) is 3.39. The molecule has 0 unspecified atom stereocenters. The first-order chi connectivity index (χ1) is 15.0. The third kappa shape index (κ3) is 5.27. The van der Waals surface area contributed by atoms with Crippen LogP contribution in [-0.2, 0) is 11.3 Å². The number of aromatic nitrogens is 4. The number of thioether (sulfide) groups is 1. The predicted molar refractivity (Wildman–Crippen MR) is 128 cm³/mol. The Morgan fingerprint density at radius 3 is 2.65 bits per heavy atom. The molecule has 2 heterocycles. The van der Waals surface area contributed by atoms with Crippen LogP contribution in [0.5, 0.6) is 0 Å². The van der Waals surface area contributed by atoms with Crippen molar-refractivity contribution in [3.8, 4) is 22.6 Å². The maximum absolute atomic E-state index is 12.4. The van der Waals surface area contributed by atoms with E-state index in [9.17, 15) is 4.79 Å². The lowest BCUT2D eigenvalue weighted by molar-refractivity contribution is -0.113. The van der Waals surface area contributed by atoms with Gasteiger partial charge < -0.3 is 9.88 Å².